The van der Waals surface area contributed by atoms with Crippen LogP contribution in [0.2, 0.25) is 0 Å². The highest BCUT2D eigenvalue weighted by Gasteiger charge is 2.21. The average Bonchev–Trinajstić information content (AvgIpc) is 1.63. The van der Waals surface area contributed by atoms with Crippen LogP contribution in [0, 0.1) is 0 Å². The molecule has 0 radical (unpaired) electrons. The number of phosphoric acid groups is 1. The van der Waals surface area contributed by atoms with Crippen LogP contribution in [0.3, 0.4) is 0 Å². The van der Waals surface area contributed by atoms with E-state index in [9.17, 15) is 8.96 Å². The Balaban J connectivity index is 3.73. The lowest BCUT2D eigenvalue weighted by Gasteiger charge is -2.08. The number of halogens is 1. The fraction of sp³-hybridized carbons (Fsp3) is 1.00. The average molecular weight is 158 g/mol. The smallest absolute Gasteiger partial charge is 0.302 e. The Hall–Kier alpha value is 0.0400. The van der Waals surface area contributed by atoms with E-state index in [0.29, 0.717) is 0 Å². The van der Waals surface area contributed by atoms with Crippen molar-refractivity contribution in [2.75, 3.05) is 7.11 Å². The van der Waals surface area contributed by atoms with Gasteiger partial charge in [-0.2, -0.15) is 0 Å². The first kappa shape index (κ1) is 9.04. The SMILES string of the molecule is COP(=O)(O)OC(C)F. The van der Waals surface area contributed by atoms with Gasteiger partial charge in [-0.15, -0.1) is 0 Å². The molecule has 0 fully saturated rings. The topological polar surface area (TPSA) is 55.8 Å². The molecule has 1 N–H and O–H groups in total. The lowest BCUT2D eigenvalue weighted by molar-refractivity contribution is 0.0440. The Labute approximate surface area is 52.2 Å². The van der Waals surface area contributed by atoms with Crippen LogP contribution in [0.15, 0.2) is 0 Å². The summed E-state index contributed by atoms with van der Waals surface area (Å²) in [5.74, 6) is 0. The summed E-state index contributed by atoms with van der Waals surface area (Å²) in [6.45, 7) is 0.988. The number of hydrogen-bond donors (Lipinski definition) is 1. The summed E-state index contributed by atoms with van der Waals surface area (Å²) in [7, 11) is -3.14. The normalized spacial score (nSPS) is 20.9. The fourth-order valence-electron chi connectivity index (χ4n) is 0.227. The first-order valence-electron chi connectivity index (χ1n) is 2.19. The molecule has 2 unspecified atom stereocenters. The highest BCUT2D eigenvalue weighted by atomic mass is 31.2. The number of alkyl halides is 1. The van der Waals surface area contributed by atoms with E-state index in [2.05, 4.69) is 9.05 Å². The molecule has 56 valence electrons. The molecule has 2 atom stereocenters. The largest absolute Gasteiger partial charge is 0.474 e. The maximum absolute atomic E-state index is 11.7. The monoisotopic (exact) mass is 158 g/mol. The molecule has 0 rings (SSSR count). The molecule has 0 heterocycles. The van der Waals surface area contributed by atoms with Crippen LogP contribution in [0.1, 0.15) is 6.92 Å². The molecular weight excluding hydrogens is 150 g/mol. The molecule has 9 heavy (non-hydrogen) atoms. The van der Waals surface area contributed by atoms with Crippen molar-refractivity contribution in [2.45, 2.75) is 13.3 Å². The van der Waals surface area contributed by atoms with E-state index in [0.717, 1.165) is 14.0 Å². The lowest BCUT2D eigenvalue weighted by atomic mass is 10.8. The van der Waals surface area contributed by atoms with Gasteiger partial charge in [-0.1, -0.05) is 0 Å². The summed E-state index contributed by atoms with van der Waals surface area (Å²) in [4.78, 5) is 8.36. The van der Waals surface area contributed by atoms with E-state index in [4.69, 9.17) is 4.89 Å². The van der Waals surface area contributed by atoms with E-state index in [1.54, 1.807) is 0 Å². The number of phosphoric ester groups is 1. The molecule has 0 aliphatic heterocycles. The third-order valence-corrected chi connectivity index (χ3v) is 1.53. The van der Waals surface area contributed by atoms with Crippen LogP contribution in [0.4, 0.5) is 4.39 Å². The zero-order valence-electron chi connectivity index (χ0n) is 5.07. The molecule has 4 nitrogen and oxygen atoms in total. The van der Waals surface area contributed by atoms with Crippen LogP contribution in [0.25, 0.3) is 0 Å². The van der Waals surface area contributed by atoms with Gasteiger partial charge in [0, 0.05) is 7.11 Å². The van der Waals surface area contributed by atoms with Gasteiger partial charge in [-0.25, -0.2) is 8.96 Å². The Bertz CT molecular complexity index is 125. The molecule has 0 saturated heterocycles. The van der Waals surface area contributed by atoms with E-state index in [-0.39, 0.29) is 0 Å². The molecule has 0 bridgehead atoms. The van der Waals surface area contributed by atoms with Gasteiger partial charge in [0.2, 0.25) is 6.36 Å². The van der Waals surface area contributed by atoms with Crippen molar-refractivity contribution in [3.8, 4) is 0 Å². The molecule has 6 heteroatoms. The summed E-state index contributed by atoms with van der Waals surface area (Å²) in [5.41, 5.74) is 0. The van der Waals surface area contributed by atoms with Crippen molar-refractivity contribution in [1.82, 2.24) is 0 Å². The van der Waals surface area contributed by atoms with Crippen LogP contribution in [-0.2, 0) is 13.6 Å². The molecule has 0 aromatic rings. The third kappa shape index (κ3) is 4.54. The molecule has 0 aromatic carbocycles. The molecule has 0 aliphatic carbocycles. The highest BCUT2D eigenvalue weighted by Crippen LogP contribution is 2.43. The Kier molecular flexibility index (Phi) is 3.28. The second kappa shape index (κ2) is 3.27. The molecular formula is C3H8FO4P. The van der Waals surface area contributed by atoms with Crippen molar-refractivity contribution in [3.05, 3.63) is 0 Å². The second-order valence-electron chi connectivity index (χ2n) is 1.30. The van der Waals surface area contributed by atoms with E-state index < -0.39 is 14.2 Å². The Morgan fingerprint density at radius 1 is 1.78 bits per heavy atom. The minimum absolute atomic E-state index is 0.961. The lowest BCUT2D eigenvalue weighted by Crippen LogP contribution is -1.98. The maximum Gasteiger partial charge on any atom is 0.474 e. The predicted molar refractivity (Wildman–Crippen MR) is 28.5 cm³/mol. The second-order valence-corrected chi connectivity index (χ2v) is 2.81. The summed E-state index contributed by atoms with van der Waals surface area (Å²) < 4.78 is 29.7. The highest BCUT2D eigenvalue weighted by molar-refractivity contribution is 7.47. The molecule has 0 saturated carbocycles. The molecule has 0 amide bonds. The van der Waals surface area contributed by atoms with Crippen LogP contribution < -0.4 is 0 Å². The van der Waals surface area contributed by atoms with Crippen molar-refractivity contribution in [1.29, 1.82) is 0 Å². The van der Waals surface area contributed by atoms with E-state index >= 15 is 0 Å². The molecule has 0 aliphatic rings. The first-order chi connectivity index (χ1) is 3.98. The van der Waals surface area contributed by atoms with Crippen molar-refractivity contribution in [2.24, 2.45) is 0 Å². The fourth-order valence-corrected chi connectivity index (χ4v) is 0.680. The van der Waals surface area contributed by atoms with Gasteiger partial charge in [-0.3, -0.25) is 9.05 Å². The molecule has 0 spiro atoms. The molecule has 0 aromatic heterocycles. The van der Waals surface area contributed by atoms with Crippen molar-refractivity contribution >= 4 is 7.82 Å². The van der Waals surface area contributed by atoms with Crippen LogP contribution >= 0.6 is 7.82 Å². The van der Waals surface area contributed by atoms with E-state index in [1.807, 2.05) is 0 Å². The minimum atomic E-state index is -4.10. The minimum Gasteiger partial charge on any atom is -0.302 e. The van der Waals surface area contributed by atoms with Gasteiger partial charge in [-0.05, 0) is 6.92 Å². The summed E-state index contributed by atoms with van der Waals surface area (Å²) >= 11 is 0. The standard InChI is InChI=1S/C3H8FO4P/c1-3(4)8-9(5,6)7-2/h3H,1-2H3,(H,5,6). The maximum atomic E-state index is 11.7. The van der Waals surface area contributed by atoms with E-state index in [1.165, 1.54) is 0 Å². The first-order valence-corrected chi connectivity index (χ1v) is 3.68. The number of rotatable bonds is 3. The Morgan fingerprint density at radius 3 is 2.33 bits per heavy atom. The summed E-state index contributed by atoms with van der Waals surface area (Å²) in [6, 6.07) is 0. The van der Waals surface area contributed by atoms with Gasteiger partial charge in [0.1, 0.15) is 0 Å². The van der Waals surface area contributed by atoms with Gasteiger partial charge in [0.15, 0.2) is 0 Å². The number of hydrogen-bond acceptors (Lipinski definition) is 3. The van der Waals surface area contributed by atoms with Gasteiger partial charge in [0.05, 0.1) is 0 Å². The third-order valence-electron chi connectivity index (χ3n) is 0.509. The van der Waals surface area contributed by atoms with Crippen LogP contribution in [-0.4, -0.2) is 18.4 Å². The Morgan fingerprint density at radius 2 is 2.22 bits per heavy atom. The van der Waals surface area contributed by atoms with Crippen LogP contribution in [0.5, 0.6) is 0 Å². The van der Waals surface area contributed by atoms with Gasteiger partial charge in [0.25, 0.3) is 0 Å². The summed E-state index contributed by atoms with van der Waals surface area (Å²) in [5, 5.41) is 0. The van der Waals surface area contributed by atoms with Crippen molar-refractivity contribution < 1.29 is 22.9 Å². The van der Waals surface area contributed by atoms with Gasteiger partial charge < -0.3 is 4.89 Å². The quantitative estimate of drug-likeness (QED) is 0.624. The van der Waals surface area contributed by atoms with Gasteiger partial charge >= 0.3 is 7.82 Å². The predicted octanol–water partition coefficient (Wildman–Crippen LogP) is 1.07. The summed E-state index contributed by atoms with van der Waals surface area (Å²) in [6.07, 6.45) is -1.79. The zero-order chi connectivity index (χ0) is 7.49. The van der Waals surface area contributed by atoms with Crippen molar-refractivity contribution in [3.63, 3.8) is 0 Å². The zero-order valence-corrected chi connectivity index (χ0v) is 5.97.